The third kappa shape index (κ3) is 2.84. The Morgan fingerprint density at radius 2 is 1.89 bits per heavy atom. The van der Waals surface area contributed by atoms with Crippen molar-refractivity contribution in [2.75, 3.05) is 7.11 Å². The second-order valence-corrected chi connectivity index (χ2v) is 4.81. The van der Waals surface area contributed by atoms with Crippen molar-refractivity contribution in [1.29, 1.82) is 0 Å². The molecule has 0 unspecified atom stereocenters. The van der Waals surface area contributed by atoms with E-state index in [2.05, 4.69) is 9.72 Å². The summed E-state index contributed by atoms with van der Waals surface area (Å²) in [7, 11) is 1.29. The summed E-state index contributed by atoms with van der Waals surface area (Å²) in [6.45, 7) is 0. The van der Waals surface area contributed by atoms with Crippen LogP contribution < -0.4 is 0 Å². The Hall–Kier alpha value is -1.29. The maximum atomic E-state index is 11.4. The SMILES string of the molecule is COC(=O)c1cc(-c2ccc(Cl)c(Cl)c2Cl)ccn1. The summed E-state index contributed by atoms with van der Waals surface area (Å²) < 4.78 is 4.62. The number of ether oxygens (including phenoxy) is 1. The Morgan fingerprint density at radius 1 is 1.16 bits per heavy atom. The molecule has 1 heterocycles. The van der Waals surface area contributed by atoms with Crippen LogP contribution in [-0.2, 0) is 4.74 Å². The normalized spacial score (nSPS) is 10.3. The van der Waals surface area contributed by atoms with Crippen LogP contribution in [0.3, 0.4) is 0 Å². The second kappa shape index (κ2) is 5.78. The number of esters is 1. The van der Waals surface area contributed by atoms with Crippen molar-refractivity contribution in [3.8, 4) is 11.1 Å². The molecule has 0 aliphatic heterocycles. The van der Waals surface area contributed by atoms with Crippen LogP contribution in [0, 0.1) is 0 Å². The fraction of sp³-hybridized carbons (Fsp3) is 0.0769. The van der Waals surface area contributed by atoms with E-state index < -0.39 is 5.97 Å². The van der Waals surface area contributed by atoms with Crippen molar-refractivity contribution in [3.63, 3.8) is 0 Å². The fourth-order valence-corrected chi connectivity index (χ4v) is 2.21. The molecule has 0 aliphatic rings. The maximum Gasteiger partial charge on any atom is 0.356 e. The van der Waals surface area contributed by atoms with E-state index in [4.69, 9.17) is 34.8 Å². The number of hydrogen-bond donors (Lipinski definition) is 0. The zero-order valence-corrected chi connectivity index (χ0v) is 12.1. The van der Waals surface area contributed by atoms with Gasteiger partial charge < -0.3 is 4.74 Å². The number of benzene rings is 1. The first-order chi connectivity index (χ1) is 9.04. The lowest BCUT2D eigenvalue weighted by Crippen LogP contribution is -2.03. The Balaban J connectivity index is 2.54. The molecule has 1 aromatic carbocycles. The molecule has 0 amide bonds. The van der Waals surface area contributed by atoms with E-state index in [1.54, 1.807) is 24.3 Å². The van der Waals surface area contributed by atoms with Crippen LogP contribution in [0.4, 0.5) is 0 Å². The quantitative estimate of drug-likeness (QED) is 0.605. The van der Waals surface area contributed by atoms with Crippen molar-refractivity contribution >= 4 is 40.8 Å². The average molecular weight is 317 g/mol. The number of rotatable bonds is 2. The Labute approximate surface area is 125 Å². The molecule has 0 radical (unpaired) electrons. The number of carbonyl (C=O) groups is 1. The zero-order valence-electron chi connectivity index (χ0n) is 9.78. The minimum atomic E-state index is -0.516. The molecule has 6 heteroatoms. The molecule has 98 valence electrons. The Kier molecular flexibility index (Phi) is 4.30. The second-order valence-electron chi connectivity index (χ2n) is 3.64. The first kappa shape index (κ1) is 14.1. The number of carbonyl (C=O) groups excluding carboxylic acids is 1. The van der Waals surface area contributed by atoms with Crippen LogP contribution in [-0.4, -0.2) is 18.1 Å². The predicted molar refractivity (Wildman–Crippen MR) is 76.0 cm³/mol. The van der Waals surface area contributed by atoms with Gasteiger partial charge in [-0.1, -0.05) is 40.9 Å². The molecule has 0 aliphatic carbocycles. The zero-order chi connectivity index (χ0) is 14.0. The molecule has 19 heavy (non-hydrogen) atoms. The van der Waals surface area contributed by atoms with Gasteiger partial charge in [-0.25, -0.2) is 9.78 Å². The van der Waals surface area contributed by atoms with E-state index in [1.807, 2.05) is 0 Å². The number of halogens is 3. The molecule has 0 atom stereocenters. The minimum Gasteiger partial charge on any atom is -0.464 e. The molecule has 0 saturated heterocycles. The number of aromatic nitrogens is 1. The van der Waals surface area contributed by atoms with Gasteiger partial charge in [-0.15, -0.1) is 0 Å². The first-order valence-electron chi connectivity index (χ1n) is 5.23. The largest absolute Gasteiger partial charge is 0.464 e. The number of pyridine rings is 1. The van der Waals surface area contributed by atoms with Crippen molar-refractivity contribution in [2.24, 2.45) is 0 Å². The van der Waals surface area contributed by atoms with Gasteiger partial charge in [-0.2, -0.15) is 0 Å². The van der Waals surface area contributed by atoms with Gasteiger partial charge in [0.15, 0.2) is 0 Å². The fourth-order valence-electron chi connectivity index (χ4n) is 1.56. The third-order valence-electron chi connectivity index (χ3n) is 2.50. The van der Waals surface area contributed by atoms with E-state index in [0.29, 0.717) is 21.2 Å². The van der Waals surface area contributed by atoms with Crippen LogP contribution in [0.2, 0.25) is 15.1 Å². The van der Waals surface area contributed by atoms with Crippen LogP contribution in [0.5, 0.6) is 0 Å². The highest BCUT2D eigenvalue weighted by molar-refractivity contribution is 6.49. The van der Waals surface area contributed by atoms with Crippen molar-refractivity contribution in [1.82, 2.24) is 4.98 Å². The predicted octanol–water partition coefficient (Wildman–Crippen LogP) is 4.50. The molecule has 0 N–H and O–H groups in total. The van der Waals surface area contributed by atoms with Crippen molar-refractivity contribution in [3.05, 3.63) is 51.2 Å². The average Bonchev–Trinajstić information content (AvgIpc) is 2.44. The summed E-state index contributed by atoms with van der Waals surface area (Å²) in [4.78, 5) is 15.4. The van der Waals surface area contributed by atoms with Crippen molar-refractivity contribution in [2.45, 2.75) is 0 Å². The van der Waals surface area contributed by atoms with E-state index in [1.165, 1.54) is 13.3 Å². The summed E-state index contributed by atoms with van der Waals surface area (Å²) in [6, 6.07) is 6.67. The van der Waals surface area contributed by atoms with Gasteiger partial charge in [0, 0.05) is 11.8 Å². The molecular formula is C13H8Cl3NO2. The van der Waals surface area contributed by atoms with Crippen molar-refractivity contribution < 1.29 is 9.53 Å². The van der Waals surface area contributed by atoms with Gasteiger partial charge in [-0.05, 0) is 23.8 Å². The molecule has 0 spiro atoms. The topological polar surface area (TPSA) is 39.2 Å². The van der Waals surface area contributed by atoms with Crippen LogP contribution in [0.1, 0.15) is 10.5 Å². The van der Waals surface area contributed by atoms with E-state index >= 15 is 0 Å². The van der Waals surface area contributed by atoms with E-state index in [0.717, 1.165) is 0 Å². The maximum absolute atomic E-state index is 11.4. The summed E-state index contributed by atoms with van der Waals surface area (Å²) >= 11 is 18.0. The lowest BCUT2D eigenvalue weighted by molar-refractivity contribution is 0.0594. The number of methoxy groups -OCH3 is 1. The van der Waals surface area contributed by atoms with Crippen LogP contribution >= 0.6 is 34.8 Å². The van der Waals surface area contributed by atoms with Gasteiger partial charge in [0.05, 0.1) is 22.2 Å². The molecular weight excluding hydrogens is 309 g/mol. The lowest BCUT2D eigenvalue weighted by Gasteiger charge is -2.08. The summed E-state index contributed by atoms with van der Waals surface area (Å²) in [5, 5.41) is 0.978. The minimum absolute atomic E-state index is 0.196. The van der Waals surface area contributed by atoms with E-state index in [9.17, 15) is 4.79 Å². The summed E-state index contributed by atoms with van der Waals surface area (Å²) in [5.74, 6) is -0.516. The van der Waals surface area contributed by atoms with Gasteiger partial charge >= 0.3 is 5.97 Å². The van der Waals surface area contributed by atoms with Gasteiger partial charge in [-0.3, -0.25) is 0 Å². The number of hydrogen-bond acceptors (Lipinski definition) is 3. The third-order valence-corrected chi connectivity index (χ3v) is 3.79. The molecule has 2 aromatic rings. The molecule has 0 fully saturated rings. The molecule has 0 bridgehead atoms. The summed E-state index contributed by atoms with van der Waals surface area (Å²) in [5.41, 5.74) is 1.57. The summed E-state index contributed by atoms with van der Waals surface area (Å²) in [6.07, 6.45) is 1.50. The van der Waals surface area contributed by atoms with E-state index in [-0.39, 0.29) is 10.7 Å². The van der Waals surface area contributed by atoms with Gasteiger partial charge in [0.1, 0.15) is 5.69 Å². The van der Waals surface area contributed by atoms with Crippen LogP contribution in [0.15, 0.2) is 30.5 Å². The number of nitrogens with zero attached hydrogens (tertiary/aromatic N) is 1. The highest BCUT2D eigenvalue weighted by atomic mass is 35.5. The smallest absolute Gasteiger partial charge is 0.356 e. The first-order valence-corrected chi connectivity index (χ1v) is 6.36. The van der Waals surface area contributed by atoms with Gasteiger partial charge in [0.2, 0.25) is 0 Å². The van der Waals surface area contributed by atoms with Gasteiger partial charge in [0.25, 0.3) is 0 Å². The lowest BCUT2D eigenvalue weighted by atomic mass is 10.1. The Morgan fingerprint density at radius 3 is 2.58 bits per heavy atom. The molecule has 0 saturated carbocycles. The Bertz CT molecular complexity index is 644. The molecule has 1 aromatic heterocycles. The standard InChI is InChI=1S/C13H8Cl3NO2/c1-19-13(18)10-6-7(4-5-17-10)8-2-3-9(14)12(16)11(8)15/h2-6H,1H3. The monoisotopic (exact) mass is 315 g/mol. The van der Waals surface area contributed by atoms with Crippen LogP contribution in [0.25, 0.3) is 11.1 Å². The molecule has 3 nitrogen and oxygen atoms in total. The highest BCUT2D eigenvalue weighted by Crippen LogP contribution is 2.37. The highest BCUT2D eigenvalue weighted by Gasteiger charge is 2.13. The molecule has 2 rings (SSSR count).